The number of amidine groups is 1. The summed E-state index contributed by atoms with van der Waals surface area (Å²) < 4.78 is 19.0. The van der Waals surface area contributed by atoms with Crippen molar-refractivity contribution in [3.63, 3.8) is 0 Å². The second-order valence-electron chi connectivity index (χ2n) is 4.70. The molecule has 0 aliphatic rings. The lowest BCUT2D eigenvalue weighted by Crippen LogP contribution is -2.16. The molecule has 6 nitrogen and oxygen atoms in total. The molecule has 0 unspecified atom stereocenters. The van der Waals surface area contributed by atoms with Crippen LogP contribution in [0.15, 0.2) is 27.9 Å². The van der Waals surface area contributed by atoms with Gasteiger partial charge in [-0.2, -0.15) is 0 Å². The maximum Gasteiger partial charge on any atom is 0.170 e. The van der Waals surface area contributed by atoms with E-state index in [2.05, 4.69) is 15.6 Å². The smallest absolute Gasteiger partial charge is 0.170 e. The Labute approximate surface area is 121 Å². The minimum atomic E-state index is -0.412. The number of halogens is 1. The summed E-state index contributed by atoms with van der Waals surface area (Å²) in [6.45, 7) is 4.60. The Kier molecular flexibility index (Phi) is 4.54. The number of nitrogens with two attached hydrogens (primary N) is 1. The second kappa shape index (κ2) is 6.36. The van der Waals surface area contributed by atoms with Gasteiger partial charge in [0.25, 0.3) is 0 Å². The molecule has 0 radical (unpaired) electrons. The molecule has 0 aliphatic heterocycles. The molecular formula is C14H17FN4O2. The van der Waals surface area contributed by atoms with Crippen LogP contribution in [0.3, 0.4) is 0 Å². The molecule has 0 fully saturated rings. The number of rotatable bonds is 5. The molecule has 1 heterocycles. The van der Waals surface area contributed by atoms with Crippen LogP contribution in [-0.2, 0) is 13.1 Å². The van der Waals surface area contributed by atoms with E-state index in [1.54, 1.807) is 12.1 Å². The van der Waals surface area contributed by atoms with E-state index in [1.165, 1.54) is 6.07 Å². The first-order valence-electron chi connectivity index (χ1n) is 6.41. The molecule has 21 heavy (non-hydrogen) atoms. The molecule has 4 N–H and O–H groups in total. The fraction of sp³-hybridized carbons (Fsp3) is 0.286. The number of aryl methyl sites for hydroxylation is 2. The Bertz CT molecular complexity index is 647. The van der Waals surface area contributed by atoms with Gasteiger partial charge in [0.05, 0.1) is 5.69 Å². The fourth-order valence-electron chi connectivity index (χ4n) is 1.98. The second-order valence-corrected chi connectivity index (χ2v) is 4.70. The van der Waals surface area contributed by atoms with Crippen LogP contribution in [0.4, 0.5) is 4.39 Å². The fourth-order valence-corrected chi connectivity index (χ4v) is 1.98. The molecule has 0 spiro atoms. The van der Waals surface area contributed by atoms with Crippen LogP contribution in [-0.4, -0.2) is 16.2 Å². The topological polar surface area (TPSA) is 96.7 Å². The van der Waals surface area contributed by atoms with Crippen LogP contribution >= 0.6 is 0 Å². The van der Waals surface area contributed by atoms with Gasteiger partial charge in [-0.3, -0.25) is 0 Å². The zero-order valence-corrected chi connectivity index (χ0v) is 11.9. The molecule has 0 bridgehead atoms. The summed E-state index contributed by atoms with van der Waals surface area (Å²) in [5.41, 5.74) is 8.04. The largest absolute Gasteiger partial charge is 0.409 e. The quantitative estimate of drug-likeness (QED) is 0.338. The highest BCUT2D eigenvalue weighted by atomic mass is 19.1. The van der Waals surface area contributed by atoms with Gasteiger partial charge in [-0.25, -0.2) is 4.39 Å². The summed E-state index contributed by atoms with van der Waals surface area (Å²) in [6.07, 6.45) is 0. The van der Waals surface area contributed by atoms with Gasteiger partial charge in [0.2, 0.25) is 0 Å². The Morgan fingerprint density at radius 1 is 1.43 bits per heavy atom. The number of aromatic nitrogens is 1. The van der Waals surface area contributed by atoms with Gasteiger partial charge in [-0.15, -0.1) is 0 Å². The van der Waals surface area contributed by atoms with Gasteiger partial charge < -0.3 is 20.8 Å². The number of nitrogens with zero attached hydrogens (tertiary/aromatic N) is 2. The molecular weight excluding hydrogens is 275 g/mol. The third kappa shape index (κ3) is 3.38. The first-order valence-corrected chi connectivity index (χ1v) is 6.41. The van der Waals surface area contributed by atoms with Gasteiger partial charge in [0.1, 0.15) is 11.6 Å². The number of hydrogen-bond donors (Lipinski definition) is 3. The van der Waals surface area contributed by atoms with Crippen molar-refractivity contribution in [2.75, 3.05) is 0 Å². The summed E-state index contributed by atoms with van der Waals surface area (Å²) in [7, 11) is 0. The van der Waals surface area contributed by atoms with Crippen LogP contribution in [0.5, 0.6) is 0 Å². The summed E-state index contributed by atoms with van der Waals surface area (Å²) >= 11 is 0. The SMILES string of the molecule is Cc1noc(C)c1CNCc1ccc(C(N)=NO)cc1F. The predicted octanol–water partition coefficient (Wildman–Crippen LogP) is 1.81. The molecule has 7 heteroatoms. The minimum absolute atomic E-state index is 0.121. The summed E-state index contributed by atoms with van der Waals surface area (Å²) in [5.74, 6) is 0.220. The average molecular weight is 292 g/mol. The van der Waals surface area contributed by atoms with Crippen LogP contribution in [0.2, 0.25) is 0 Å². The van der Waals surface area contributed by atoms with Gasteiger partial charge >= 0.3 is 0 Å². The summed E-state index contributed by atoms with van der Waals surface area (Å²) in [5, 5.41) is 18.4. The van der Waals surface area contributed by atoms with E-state index >= 15 is 0 Å². The van der Waals surface area contributed by atoms with E-state index in [4.69, 9.17) is 15.5 Å². The third-order valence-electron chi connectivity index (χ3n) is 3.26. The first kappa shape index (κ1) is 15.0. The lowest BCUT2D eigenvalue weighted by molar-refractivity contribution is 0.318. The van der Waals surface area contributed by atoms with Gasteiger partial charge in [-0.05, 0) is 19.9 Å². The standard InChI is InChI=1S/C14H17FN4O2/c1-8-12(9(2)21-19-8)7-17-6-11-4-3-10(5-13(11)15)14(16)18-20/h3-5,17,20H,6-7H2,1-2H3,(H2,16,18). The van der Waals surface area contributed by atoms with Crippen molar-refractivity contribution in [1.82, 2.24) is 10.5 Å². The molecule has 0 amide bonds. The van der Waals surface area contributed by atoms with E-state index in [1.807, 2.05) is 13.8 Å². The zero-order chi connectivity index (χ0) is 15.4. The number of oxime groups is 1. The van der Waals surface area contributed by atoms with Crippen LogP contribution in [0.25, 0.3) is 0 Å². The molecule has 0 aliphatic carbocycles. The normalized spacial score (nSPS) is 11.9. The maximum absolute atomic E-state index is 13.9. The van der Waals surface area contributed by atoms with E-state index in [9.17, 15) is 4.39 Å². The van der Waals surface area contributed by atoms with E-state index < -0.39 is 5.82 Å². The Morgan fingerprint density at radius 2 is 2.19 bits per heavy atom. The molecule has 0 saturated carbocycles. The van der Waals surface area contributed by atoms with Crippen molar-refractivity contribution in [2.24, 2.45) is 10.9 Å². The van der Waals surface area contributed by atoms with Crippen molar-refractivity contribution >= 4 is 5.84 Å². The van der Waals surface area contributed by atoms with Gasteiger partial charge in [0, 0.05) is 29.8 Å². The van der Waals surface area contributed by atoms with Crippen molar-refractivity contribution in [3.05, 3.63) is 52.2 Å². The van der Waals surface area contributed by atoms with Gasteiger partial charge in [0.15, 0.2) is 5.84 Å². The van der Waals surface area contributed by atoms with Crippen molar-refractivity contribution in [2.45, 2.75) is 26.9 Å². The lowest BCUT2D eigenvalue weighted by Gasteiger charge is -2.07. The highest BCUT2D eigenvalue weighted by Gasteiger charge is 2.10. The molecule has 2 rings (SSSR count). The Hall–Kier alpha value is -2.41. The minimum Gasteiger partial charge on any atom is -0.409 e. The third-order valence-corrected chi connectivity index (χ3v) is 3.26. The zero-order valence-electron chi connectivity index (χ0n) is 11.9. The van der Waals surface area contributed by atoms with Crippen molar-refractivity contribution < 1.29 is 14.1 Å². The number of benzene rings is 1. The summed E-state index contributed by atoms with van der Waals surface area (Å²) in [4.78, 5) is 0. The van der Waals surface area contributed by atoms with Crippen molar-refractivity contribution in [3.8, 4) is 0 Å². The molecule has 0 saturated heterocycles. The summed E-state index contributed by atoms with van der Waals surface area (Å²) in [6, 6.07) is 4.44. The van der Waals surface area contributed by atoms with E-state index in [0.29, 0.717) is 24.2 Å². The monoisotopic (exact) mass is 292 g/mol. The van der Waals surface area contributed by atoms with Gasteiger partial charge in [-0.1, -0.05) is 22.4 Å². The molecule has 1 aromatic carbocycles. The molecule has 2 aromatic rings. The predicted molar refractivity (Wildman–Crippen MR) is 75.4 cm³/mol. The molecule has 0 atom stereocenters. The van der Waals surface area contributed by atoms with Crippen LogP contribution in [0, 0.1) is 19.7 Å². The average Bonchev–Trinajstić information content (AvgIpc) is 2.79. The highest BCUT2D eigenvalue weighted by Crippen LogP contribution is 2.13. The van der Waals surface area contributed by atoms with Crippen molar-refractivity contribution in [1.29, 1.82) is 0 Å². The number of hydrogen-bond acceptors (Lipinski definition) is 5. The Balaban J connectivity index is 2.01. The molecule has 1 aromatic heterocycles. The lowest BCUT2D eigenvalue weighted by atomic mass is 10.1. The van der Waals surface area contributed by atoms with E-state index in [-0.39, 0.29) is 5.84 Å². The van der Waals surface area contributed by atoms with Crippen LogP contribution < -0.4 is 11.1 Å². The highest BCUT2D eigenvalue weighted by molar-refractivity contribution is 5.97. The number of nitrogens with one attached hydrogen (secondary N) is 1. The first-order chi connectivity index (χ1) is 10.0. The maximum atomic E-state index is 13.9. The van der Waals surface area contributed by atoms with E-state index in [0.717, 1.165) is 17.0 Å². The van der Waals surface area contributed by atoms with Crippen LogP contribution in [0.1, 0.15) is 28.1 Å². The Morgan fingerprint density at radius 3 is 2.76 bits per heavy atom. The molecule has 112 valence electrons.